The van der Waals surface area contributed by atoms with Crippen molar-refractivity contribution in [2.75, 3.05) is 13.2 Å². The van der Waals surface area contributed by atoms with Crippen molar-refractivity contribution in [1.82, 2.24) is 0 Å². The van der Waals surface area contributed by atoms with Crippen LogP contribution in [0.1, 0.15) is 310 Å². The molecule has 0 saturated carbocycles. The number of rotatable bonds is 61. The van der Waals surface area contributed by atoms with E-state index in [1.165, 1.54) is 135 Å². The molecule has 0 heterocycles. The van der Waals surface area contributed by atoms with Gasteiger partial charge in [0.2, 0.25) is 0 Å². The van der Waals surface area contributed by atoms with Crippen LogP contribution in [0, 0.1) is 0 Å². The zero-order chi connectivity index (χ0) is 59.2. The number of hydrogen-bond donors (Lipinski definition) is 0. The summed E-state index contributed by atoms with van der Waals surface area (Å²) in [6, 6.07) is 0. The third-order valence-electron chi connectivity index (χ3n) is 14.4. The normalized spacial score (nSPS) is 13.0. The van der Waals surface area contributed by atoms with Gasteiger partial charge in [0, 0.05) is 19.3 Å². The van der Waals surface area contributed by atoms with E-state index in [-0.39, 0.29) is 31.1 Å². The van der Waals surface area contributed by atoms with E-state index in [4.69, 9.17) is 14.2 Å². The fourth-order valence-electron chi connectivity index (χ4n) is 9.29. The Labute approximate surface area is 506 Å². The molecule has 0 amide bonds. The number of carbonyl (C=O) groups is 3. The molecule has 6 heteroatoms. The van der Waals surface area contributed by atoms with Gasteiger partial charge in [-0.15, -0.1) is 0 Å². The highest BCUT2D eigenvalue weighted by Crippen LogP contribution is 2.16. The van der Waals surface area contributed by atoms with Crippen LogP contribution >= 0.6 is 0 Å². The van der Waals surface area contributed by atoms with Crippen molar-refractivity contribution in [2.24, 2.45) is 0 Å². The number of carbonyl (C=O) groups excluding carboxylic acids is 3. The molecule has 0 aliphatic rings. The standard InChI is InChI=1S/C76H126O6/c1-4-7-10-13-16-19-22-24-26-28-30-32-34-36-37-38-39-41-42-44-46-48-50-52-54-57-60-63-66-69-75(78)81-72-73(71-80-74(77)68-65-62-59-56-21-18-15-12-9-6-3)82-76(79)70-67-64-61-58-55-53-51-49-47-45-43-40-35-33-31-29-27-25-23-20-17-14-11-8-5-2/h7,10,16,19,23-26,29-32,35-37,39-41,44,46,50,52,73H,4-6,8-9,11-15,17-18,20-22,27-28,33-34,38,42-43,45,47-49,51,53-72H2,1-3H3/b10-7-,19-16-,25-23-,26-24-,31-29-,32-30-,37-36-,40-35-,41-39-,46-44-,52-50-. The summed E-state index contributed by atoms with van der Waals surface area (Å²) in [5, 5.41) is 0. The minimum Gasteiger partial charge on any atom is -0.462 e. The van der Waals surface area contributed by atoms with Crippen molar-refractivity contribution in [2.45, 2.75) is 316 Å². The van der Waals surface area contributed by atoms with Crippen LogP contribution in [0.4, 0.5) is 0 Å². The third kappa shape index (κ3) is 66.4. The van der Waals surface area contributed by atoms with E-state index in [2.05, 4.69) is 154 Å². The number of esters is 3. The Morgan fingerprint density at radius 1 is 0.256 bits per heavy atom. The largest absolute Gasteiger partial charge is 0.462 e. The van der Waals surface area contributed by atoms with Crippen molar-refractivity contribution in [3.8, 4) is 0 Å². The Morgan fingerprint density at radius 3 is 0.744 bits per heavy atom. The first-order valence-corrected chi connectivity index (χ1v) is 34.2. The van der Waals surface area contributed by atoms with E-state index in [1.807, 2.05) is 0 Å². The zero-order valence-corrected chi connectivity index (χ0v) is 53.5. The molecular formula is C76H126O6. The molecule has 0 fully saturated rings. The molecule has 0 aliphatic carbocycles. The van der Waals surface area contributed by atoms with E-state index in [1.54, 1.807) is 0 Å². The van der Waals surface area contributed by atoms with Crippen LogP contribution in [-0.4, -0.2) is 37.2 Å². The second-order valence-electron chi connectivity index (χ2n) is 22.4. The minimum absolute atomic E-state index is 0.0889. The van der Waals surface area contributed by atoms with Gasteiger partial charge in [0.05, 0.1) is 0 Å². The molecule has 1 unspecified atom stereocenters. The number of ether oxygens (including phenoxy) is 3. The second-order valence-corrected chi connectivity index (χ2v) is 22.4. The highest BCUT2D eigenvalue weighted by atomic mass is 16.6. The fourth-order valence-corrected chi connectivity index (χ4v) is 9.29. The average Bonchev–Trinajstić information content (AvgIpc) is 3.48. The maximum atomic E-state index is 12.9. The number of unbranched alkanes of at least 4 members (excludes halogenated alkanes) is 28. The summed E-state index contributed by atoms with van der Waals surface area (Å²) in [5.74, 6) is -0.915. The van der Waals surface area contributed by atoms with Crippen LogP contribution < -0.4 is 0 Å². The quantitative estimate of drug-likeness (QED) is 0.0261. The SMILES string of the molecule is CC/C=C\C/C=C\C/C=C\C/C=C\C/C=C\C/C=C\C/C=C\C/C=C\CCCCCCC(=O)OCC(COC(=O)CCCCCCCCCCCC)OC(=O)CCCCCCCCCCCC/C=C\C/C=C\C/C=C\CCCCCCC. The Bertz CT molecular complexity index is 1730. The molecule has 82 heavy (non-hydrogen) atoms. The van der Waals surface area contributed by atoms with Crippen molar-refractivity contribution in [3.05, 3.63) is 134 Å². The lowest BCUT2D eigenvalue weighted by molar-refractivity contribution is -0.167. The highest BCUT2D eigenvalue weighted by Gasteiger charge is 2.19. The first kappa shape index (κ1) is 77.5. The third-order valence-corrected chi connectivity index (χ3v) is 14.4. The molecule has 6 nitrogen and oxygen atoms in total. The molecule has 466 valence electrons. The smallest absolute Gasteiger partial charge is 0.306 e. The Kier molecular flexibility index (Phi) is 65.3. The summed E-state index contributed by atoms with van der Waals surface area (Å²) in [4.78, 5) is 38.3. The van der Waals surface area contributed by atoms with Gasteiger partial charge in [-0.1, -0.05) is 302 Å². The predicted octanol–water partition coefficient (Wildman–Crippen LogP) is 23.7. The molecule has 0 aromatic rings. The molecule has 0 aromatic heterocycles. The summed E-state index contributed by atoms with van der Waals surface area (Å²) >= 11 is 0. The van der Waals surface area contributed by atoms with Gasteiger partial charge >= 0.3 is 17.9 Å². The van der Waals surface area contributed by atoms with E-state index in [0.29, 0.717) is 19.3 Å². The molecule has 0 aromatic carbocycles. The van der Waals surface area contributed by atoms with Gasteiger partial charge in [0.1, 0.15) is 13.2 Å². The fraction of sp³-hybridized carbons (Fsp3) is 0.671. The van der Waals surface area contributed by atoms with E-state index in [0.717, 1.165) is 135 Å². The van der Waals surface area contributed by atoms with E-state index in [9.17, 15) is 14.4 Å². The van der Waals surface area contributed by atoms with Crippen LogP contribution in [0.5, 0.6) is 0 Å². The van der Waals surface area contributed by atoms with E-state index >= 15 is 0 Å². The summed E-state index contributed by atoms with van der Waals surface area (Å²) in [7, 11) is 0. The topological polar surface area (TPSA) is 78.9 Å². The van der Waals surface area contributed by atoms with Crippen molar-refractivity contribution in [1.29, 1.82) is 0 Å². The van der Waals surface area contributed by atoms with Gasteiger partial charge < -0.3 is 14.2 Å². The van der Waals surface area contributed by atoms with Gasteiger partial charge in [-0.2, -0.15) is 0 Å². The molecule has 1 atom stereocenters. The minimum atomic E-state index is -0.795. The first-order chi connectivity index (χ1) is 40.5. The summed E-state index contributed by atoms with van der Waals surface area (Å²) in [6.07, 6.45) is 97.5. The Morgan fingerprint density at radius 2 is 0.476 bits per heavy atom. The van der Waals surface area contributed by atoms with Gasteiger partial charge in [-0.25, -0.2) is 0 Å². The summed E-state index contributed by atoms with van der Waals surface area (Å²) in [5.41, 5.74) is 0. The zero-order valence-electron chi connectivity index (χ0n) is 53.5. The Hall–Kier alpha value is -4.45. The lowest BCUT2D eigenvalue weighted by atomic mass is 10.0. The summed E-state index contributed by atoms with van der Waals surface area (Å²) < 4.78 is 16.9. The van der Waals surface area contributed by atoms with Crippen molar-refractivity contribution >= 4 is 17.9 Å². The van der Waals surface area contributed by atoms with Gasteiger partial charge in [-0.3, -0.25) is 14.4 Å². The molecule has 0 radical (unpaired) electrons. The van der Waals surface area contributed by atoms with Gasteiger partial charge in [0.25, 0.3) is 0 Å². The lowest BCUT2D eigenvalue weighted by Crippen LogP contribution is -2.30. The molecule has 0 saturated heterocycles. The molecule has 0 aliphatic heterocycles. The molecule has 0 spiro atoms. The van der Waals surface area contributed by atoms with E-state index < -0.39 is 6.10 Å². The monoisotopic (exact) mass is 1130 g/mol. The lowest BCUT2D eigenvalue weighted by Gasteiger charge is -2.18. The molecule has 0 N–H and O–H groups in total. The second kappa shape index (κ2) is 69.0. The molecule has 0 rings (SSSR count). The van der Waals surface area contributed by atoms with Gasteiger partial charge in [-0.05, 0) is 122 Å². The number of allylic oxidation sites excluding steroid dienone is 22. The van der Waals surface area contributed by atoms with Gasteiger partial charge in [0.15, 0.2) is 6.10 Å². The number of hydrogen-bond acceptors (Lipinski definition) is 6. The Balaban J connectivity index is 4.32. The van der Waals surface area contributed by atoms with Crippen LogP contribution in [0.3, 0.4) is 0 Å². The molecule has 0 bridgehead atoms. The van der Waals surface area contributed by atoms with Crippen LogP contribution in [0.15, 0.2) is 134 Å². The maximum absolute atomic E-state index is 12.9. The van der Waals surface area contributed by atoms with Crippen LogP contribution in [0.2, 0.25) is 0 Å². The van der Waals surface area contributed by atoms with Crippen molar-refractivity contribution < 1.29 is 28.6 Å². The summed E-state index contributed by atoms with van der Waals surface area (Å²) in [6.45, 7) is 6.49. The van der Waals surface area contributed by atoms with Crippen molar-refractivity contribution in [3.63, 3.8) is 0 Å². The van der Waals surface area contributed by atoms with Crippen LogP contribution in [0.25, 0.3) is 0 Å². The average molecular weight is 1140 g/mol. The first-order valence-electron chi connectivity index (χ1n) is 34.2. The molecular weight excluding hydrogens is 1010 g/mol. The van der Waals surface area contributed by atoms with Crippen LogP contribution in [-0.2, 0) is 28.6 Å². The predicted molar refractivity (Wildman–Crippen MR) is 357 cm³/mol. The maximum Gasteiger partial charge on any atom is 0.306 e. The highest BCUT2D eigenvalue weighted by molar-refractivity contribution is 5.71.